The zero-order valence-corrected chi connectivity index (χ0v) is 20.4. The summed E-state index contributed by atoms with van der Waals surface area (Å²) >= 11 is 0.973. The largest absolute Gasteiger partial charge is 0.497 e. The van der Waals surface area contributed by atoms with Crippen LogP contribution >= 0.6 is 11.3 Å². The molecular weight excluding hydrogens is 472 g/mol. The SMILES string of the molecule is COc1ccc(S(=O)(=O)Nc2nnc(C(NS(=O)(=O)c3ccc(C)cc3)C(C)C)s2)cc1. The van der Waals surface area contributed by atoms with Crippen molar-refractivity contribution in [3.63, 3.8) is 0 Å². The molecule has 1 aromatic heterocycles. The standard InChI is InChI=1S/C20H24N4O5S3/c1-13(2)18(23-31(25,26)16-9-5-14(3)6-10-16)19-21-22-20(30-19)24-32(27,28)17-11-7-15(29-4)8-12-17/h5-13,18,23H,1-4H3,(H,22,24). The first-order valence-corrected chi connectivity index (χ1v) is 13.4. The molecule has 0 bridgehead atoms. The summed E-state index contributed by atoms with van der Waals surface area (Å²) in [6, 6.07) is 11.7. The Morgan fingerprint density at radius 1 is 0.875 bits per heavy atom. The smallest absolute Gasteiger partial charge is 0.263 e. The average Bonchev–Trinajstić information content (AvgIpc) is 3.19. The van der Waals surface area contributed by atoms with E-state index in [1.165, 1.54) is 43.5 Å². The molecule has 0 aliphatic carbocycles. The highest BCUT2D eigenvalue weighted by Crippen LogP contribution is 2.30. The first-order valence-electron chi connectivity index (χ1n) is 9.61. The lowest BCUT2D eigenvalue weighted by Crippen LogP contribution is -2.31. The van der Waals surface area contributed by atoms with Crippen molar-refractivity contribution in [2.24, 2.45) is 5.92 Å². The van der Waals surface area contributed by atoms with E-state index in [2.05, 4.69) is 19.6 Å². The Morgan fingerprint density at radius 3 is 2.00 bits per heavy atom. The van der Waals surface area contributed by atoms with Crippen molar-refractivity contribution in [1.29, 1.82) is 0 Å². The van der Waals surface area contributed by atoms with E-state index in [4.69, 9.17) is 4.74 Å². The number of aromatic nitrogens is 2. The van der Waals surface area contributed by atoms with Gasteiger partial charge in [-0.3, -0.25) is 4.72 Å². The first-order chi connectivity index (χ1) is 15.0. The van der Waals surface area contributed by atoms with Crippen LogP contribution in [0.15, 0.2) is 58.3 Å². The van der Waals surface area contributed by atoms with Gasteiger partial charge in [0, 0.05) is 0 Å². The molecule has 0 fully saturated rings. The first kappa shape index (κ1) is 24.1. The Balaban J connectivity index is 1.81. The summed E-state index contributed by atoms with van der Waals surface area (Å²) in [6.45, 7) is 5.55. The zero-order chi connectivity index (χ0) is 23.5. The number of hydrogen-bond acceptors (Lipinski definition) is 8. The number of methoxy groups -OCH3 is 1. The summed E-state index contributed by atoms with van der Waals surface area (Å²) in [5, 5.41) is 8.31. The Morgan fingerprint density at radius 2 is 1.44 bits per heavy atom. The zero-order valence-electron chi connectivity index (χ0n) is 17.9. The number of nitrogens with one attached hydrogen (secondary N) is 2. The molecule has 0 spiro atoms. The fourth-order valence-corrected chi connectivity index (χ4v) is 6.38. The molecule has 0 aliphatic rings. The molecule has 1 atom stereocenters. The summed E-state index contributed by atoms with van der Waals surface area (Å²) in [7, 11) is -6.21. The van der Waals surface area contributed by atoms with Crippen molar-refractivity contribution in [2.75, 3.05) is 11.8 Å². The van der Waals surface area contributed by atoms with Gasteiger partial charge in [0.1, 0.15) is 10.8 Å². The van der Waals surface area contributed by atoms with E-state index in [-0.39, 0.29) is 20.8 Å². The third-order valence-electron chi connectivity index (χ3n) is 4.58. The van der Waals surface area contributed by atoms with Crippen LogP contribution in [0.4, 0.5) is 5.13 Å². The van der Waals surface area contributed by atoms with Gasteiger partial charge in [-0.25, -0.2) is 21.6 Å². The van der Waals surface area contributed by atoms with Gasteiger partial charge >= 0.3 is 0 Å². The van der Waals surface area contributed by atoms with Crippen molar-refractivity contribution in [2.45, 2.75) is 36.6 Å². The molecule has 172 valence electrons. The second kappa shape index (κ2) is 9.53. The van der Waals surface area contributed by atoms with Crippen LogP contribution in [0.5, 0.6) is 5.75 Å². The topological polar surface area (TPSA) is 127 Å². The summed E-state index contributed by atoms with van der Waals surface area (Å²) < 4.78 is 61.0. The lowest BCUT2D eigenvalue weighted by atomic mass is 10.1. The minimum Gasteiger partial charge on any atom is -0.497 e. The van der Waals surface area contributed by atoms with E-state index < -0.39 is 26.1 Å². The molecule has 3 rings (SSSR count). The Kier molecular flexibility index (Phi) is 7.18. The van der Waals surface area contributed by atoms with Crippen molar-refractivity contribution in [3.8, 4) is 5.75 Å². The third-order valence-corrected chi connectivity index (χ3v) is 8.44. The van der Waals surface area contributed by atoms with Gasteiger partial charge in [0.2, 0.25) is 15.2 Å². The molecular formula is C20H24N4O5S3. The number of benzene rings is 2. The van der Waals surface area contributed by atoms with Gasteiger partial charge in [0.25, 0.3) is 10.0 Å². The van der Waals surface area contributed by atoms with Crippen LogP contribution in [-0.2, 0) is 20.0 Å². The van der Waals surface area contributed by atoms with Crippen LogP contribution < -0.4 is 14.2 Å². The third kappa shape index (κ3) is 5.63. The molecule has 0 saturated carbocycles. The van der Waals surface area contributed by atoms with Crippen molar-refractivity contribution >= 4 is 36.5 Å². The maximum absolute atomic E-state index is 12.8. The van der Waals surface area contributed by atoms with Gasteiger partial charge in [0.15, 0.2) is 0 Å². The summed E-state index contributed by atoms with van der Waals surface area (Å²) in [6.07, 6.45) is 0. The van der Waals surface area contributed by atoms with Crippen LogP contribution in [0.3, 0.4) is 0 Å². The van der Waals surface area contributed by atoms with Crippen LogP contribution in [0.25, 0.3) is 0 Å². The van der Waals surface area contributed by atoms with E-state index in [0.29, 0.717) is 10.8 Å². The molecule has 1 heterocycles. The number of aryl methyl sites for hydroxylation is 1. The molecule has 2 N–H and O–H groups in total. The van der Waals surface area contributed by atoms with Crippen molar-refractivity contribution in [3.05, 3.63) is 59.1 Å². The normalized spacial score (nSPS) is 13.2. The van der Waals surface area contributed by atoms with Crippen molar-refractivity contribution < 1.29 is 21.6 Å². The molecule has 2 aromatic carbocycles. The van der Waals surface area contributed by atoms with E-state index >= 15 is 0 Å². The molecule has 32 heavy (non-hydrogen) atoms. The van der Waals surface area contributed by atoms with Gasteiger partial charge in [0.05, 0.1) is 22.9 Å². The highest BCUT2D eigenvalue weighted by Gasteiger charge is 2.28. The van der Waals surface area contributed by atoms with Gasteiger partial charge < -0.3 is 4.74 Å². The Hall–Kier alpha value is -2.54. The molecule has 0 radical (unpaired) electrons. The van der Waals surface area contributed by atoms with E-state index in [9.17, 15) is 16.8 Å². The van der Waals surface area contributed by atoms with Crippen LogP contribution in [0.1, 0.15) is 30.5 Å². The number of ether oxygens (including phenoxy) is 1. The van der Waals surface area contributed by atoms with E-state index in [1.54, 1.807) is 12.1 Å². The fourth-order valence-electron chi connectivity index (χ4n) is 2.75. The monoisotopic (exact) mass is 496 g/mol. The maximum Gasteiger partial charge on any atom is 0.263 e. The van der Waals surface area contributed by atoms with Gasteiger partial charge in [-0.1, -0.05) is 42.9 Å². The van der Waals surface area contributed by atoms with Crippen LogP contribution in [0.2, 0.25) is 0 Å². The number of hydrogen-bond donors (Lipinski definition) is 2. The number of sulfonamides is 2. The minimum absolute atomic E-state index is 0.0375. The fraction of sp³-hybridized carbons (Fsp3) is 0.300. The molecule has 0 aliphatic heterocycles. The highest BCUT2D eigenvalue weighted by atomic mass is 32.2. The molecule has 0 amide bonds. The summed E-state index contributed by atoms with van der Waals surface area (Å²) in [5.41, 5.74) is 0.947. The lowest BCUT2D eigenvalue weighted by Gasteiger charge is -2.19. The van der Waals surface area contributed by atoms with Crippen LogP contribution in [0, 0.1) is 12.8 Å². The second-order valence-corrected chi connectivity index (χ2v) is 11.8. The number of anilines is 1. The predicted molar refractivity (Wildman–Crippen MR) is 123 cm³/mol. The van der Waals surface area contributed by atoms with Gasteiger partial charge in [-0.2, -0.15) is 0 Å². The summed E-state index contributed by atoms with van der Waals surface area (Å²) in [5.74, 6) is 0.372. The summed E-state index contributed by atoms with van der Waals surface area (Å²) in [4.78, 5) is 0.175. The average molecular weight is 497 g/mol. The molecule has 3 aromatic rings. The number of rotatable bonds is 9. The minimum atomic E-state index is -3.89. The molecule has 12 heteroatoms. The predicted octanol–water partition coefficient (Wildman–Crippen LogP) is 3.33. The lowest BCUT2D eigenvalue weighted by molar-refractivity contribution is 0.414. The Labute approximate surface area is 192 Å². The van der Waals surface area contributed by atoms with Gasteiger partial charge in [-0.05, 0) is 49.2 Å². The van der Waals surface area contributed by atoms with Gasteiger partial charge in [-0.15, -0.1) is 10.2 Å². The van der Waals surface area contributed by atoms with E-state index in [1.807, 2.05) is 20.8 Å². The molecule has 0 saturated heterocycles. The quantitative estimate of drug-likeness (QED) is 0.465. The van der Waals surface area contributed by atoms with Crippen molar-refractivity contribution in [1.82, 2.24) is 14.9 Å². The molecule has 9 nitrogen and oxygen atoms in total. The number of nitrogens with zero attached hydrogens (tertiary/aromatic N) is 2. The molecule has 1 unspecified atom stereocenters. The van der Waals surface area contributed by atoms with Crippen LogP contribution in [-0.4, -0.2) is 34.1 Å². The highest BCUT2D eigenvalue weighted by molar-refractivity contribution is 7.93. The second-order valence-electron chi connectivity index (χ2n) is 7.38. The Bertz CT molecular complexity index is 1270. The van der Waals surface area contributed by atoms with E-state index in [0.717, 1.165) is 16.9 Å². The maximum atomic E-state index is 12.8.